The number of nitrogens with two attached hydrogens (primary N) is 1. The summed E-state index contributed by atoms with van der Waals surface area (Å²) in [5.74, 6) is 0.279. The average Bonchev–Trinajstić information content (AvgIpc) is 2.31. The minimum absolute atomic E-state index is 0.0880. The van der Waals surface area contributed by atoms with Crippen molar-refractivity contribution < 1.29 is 10.3 Å². The number of phenols is 1. The number of amidine groups is 1. The van der Waals surface area contributed by atoms with Gasteiger partial charge < -0.3 is 16.0 Å². The molecule has 1 aromatic rings. The lowest BCUT2D eigenvalue weighted by atomic mass is 9.98. The van der Waals surface area contributed by atoms with E-state index in [-0.39, 0.29) is 11.6 Å². The Labute approximate surface area is 94.7 Å². The lowest BCUT2D eigenvalue weighted by Gasteiger charge is -2.10. The molecule has 0 spiro atoms. The van der Waals surface area contributed by atoms with Crippen LogP contribution < -0.4 is 5.73 Å². The number of benzene rings is 1. The van der Waals surface area contributed by atoms with Crippen LogP contribution in [0.3, 0.4) is 0 Å². The van der Waals surface area contributed by atoms with Crippen LogP contribution >= 0.6 is 0 Å². The van der Waals surface area contributed by atoms with E-state index in [4.69, 9.17) is 10.9 Å². The van der Waals surface area contributed by atoms with Gasteiger partial charge in [0.2, 0.25) is 0 Å². The summed E-state index contributed by atoms with van der Waals surface area (Å²) < 4.78 is 0. The second-order valence-corrected chi connectivity index (χ2v) is 3.54. The van der Waals surface area contributed by atoms with Crippen LogP contribution in [0, 0.1) is 0 Å². The fourth-order valence-electron chi connectivity index (χ4n) is 1.47. The molecule has 4 N–H and O–H groups in total. The maximum Gasteiger partial charge on any atom is 0.170 e. The Kier molecular flexibility index (Phi) is 3.94. The lowest BCUT2D eigenvalue weighted by Crippen LogP contribution is -2.15. The van der Waals surface area contributed by atoms with Gasteiger partial charge in [0.1, 0.15) is 5.75 Å². The lowest BCUT2D eigenvalue weighted by molar-refractivity contribution is 0.319. The zero-order valence-corrected chi connectivity index (χ0v) is 9.44. The molecule has 0 heterocycles. The maximum absolute atomic E-state index is 9.20. The van der Waals surface area contributed by atoms with Crippen LogP contribution in [-0.4, -0.2) is 16.1 Å². The number of hydrogen-bond acceptors (Lipinski definition) is 3. The molecule has 0 radical (unpaired) electrons. The number of oxime groups is 1. The highest BCUT2D eigenvalue weighted by molar-refractivity contribution is 6.22. The minimum atomic E-state index is 0.0880. The molecule has 0 aliphatic carbocycles. The molecular formula is C12H16N2O2. The monoisotopic (exact) mass is 220 g/mol. The van der Waals surface area contributed by atoms with E-state index in [2.05, 4.69) is 5.16 Å². The molecule has 0 saturated heterocycles. The van der Waals surface area contributed by atoms with Gasteiger partial charge in [-0.2, -0.15) is 0 Å². The molecule has 4 nitrogen and oxygen atoms in total. The number of allylic oxidation sites excluding steroid dienone is 1. The normalized spacial score (nSPS) is 13.5. The number of phenolic OH excluding ortho intramolecular Hbond substituents is 1. The molecule has 0 atom stereocenters. The summed E-state index contributed by atoms with van der Waals surface area (Å²) in [6.45, 7) is 3.93. The molecule has 0 saturated carbocycles. The second kappa shape index (κ2) is 5.21. The first-order valence-corrected chi connectivity index (χ1v) is 5.07. The summed E-state index contributed by atoms with van der Waals surface area (Å²) in [4.78, 5) is 0. The Hall–Kier alpha value is -1.97. The smallest absolute Gasteiger partial charge is 0.170 e. The Balaban J connectivity index is 3.28. The third kappa shape index (κ3) is 2.53. The van der Waals surface area contributed by atoms with Gasteiger partial charge in [0.25, 0.3) is 0 Å². The van der Waals surface area contributed by atoms with Crippen LogP contribution in [-0.2, 0) is 0 Å². The number of nitrogens with zero attached hydrogens (tertiary/aromatic N) is 1. The van der Waals surface area contributed by atoms with Crippen LogP contribution in [0.5, 0.6) is 5.75 Å². The molecule has 0 aromatic heterocycles. The van der Waals surface area contributed by atoms with Crippen LogP contribution in [0.15, 0.2) is 35.0 Å². The first kappa shape index (κ1) is 12.1. The number of aromatic hydroxyl groups is 1. The minimum Gasteiger partial charge on any atom is -0.508 e. The second-order valence-electron chi connectivity index (χ2n) is 3.54. The summed E-state index contributed by atoms with van der Waals surface area (Å²) in [6, 6.07) is 6.62. The summed E-state index contributed by atoms with van der Waals surface area (Å²) >= 11 is 0. The fraction of sp³-hybridized carbons (Fsp3) is 0.250. The largest absolute Gasteiger partial charge is 0.508 e. The van der Waals surface area contributed by atoms with E-state index in [0.29, 0.717) is 5.57 Å². The van der Waals surface area contributed by atoms with Crippen molar-refractivity contribution in [1.82, 2.24) is 0 Å². The van der Waals surface area contributed by atoms with E-state index in [1.807, 2.05) is 13.8 Å². The van der Waals surface area contributed by atoms with Crippen molar-refractivity contribution >= 4 is 11.4 Å². The zero-order chi connectivity index (χ0) is 12.1. The van der Waals surface area contributed by atoms with Gasteiger partial charge in [-0.3, -0.25) is 0 Å². The van der Waals surface area contributed by atoms with Gasteiger partial charge in [0, 0.05) is 5.57 Å². The molecule has 0 aliphatic heterocycles. The van der Waals surface area contributed by atoms with Gasteiger partial charge in [-0.1, -0.05) is 29.8 Å². The van der Waals surface area contributed by atoms with Gasteiger partial charge in [-0.25, -0.2) is 0 Å². The van der Waals surface area contributed by atoms with Crippen molar-refractivity contribution in [2.75, 3.05) is 0 Å². The first-order chi connectivity index (χ1) is 7.60. The topological polar surface area (TPSA) is 78.8 Å². The Morgan fingerprint density at radius 3 is 2.31 bits per heavy atom. The average molecular weight is 220 g/mol. The Bertz CT molecular complexity index is 419. The number of hydrogen-bond donors (Lipinski definition) is 3. The van der Waals surface area contributed by atoms with Crippen molar-refractivity contribution in [3.05, 3.63) is 35.4 Å². The van der Waals surface area contributed by atoms with Gasteiger partial charge >= 0.3 is 0 Å². The van der Waals surface area contributed by atoms with Gasteiger partial charge in [0.05, 0.1) is 0 Å². The van der Waals surface area contributed by atoms with Gasteiger partial charge in [-0.05, 0) is 31.0 Å². The predicted molar refractivity (Wildman–Crippen MR) is 64.4 cm³/mol. The van der Waals surface area contributed by atoms with Crippen LogP contribution in [0.25, 0.3) is 5.57 Å². The van der Waals surface area contributed by atoms with E-state index in [0.717, 1.165) is 17.6 Å². The molecule has 0 fully saturated rings. The fourth-order valence-corrected chi connectivity index (χ4v) is 1.47. The van der Waals surface area contributed by atoms with Gasteiger partial charge in [0.15, 0.2) is 5.84 Å². The molecule has 0 amide bonds. The van der Waals surface area contributed by atoms with Crippen molar-refractivity contribution in [1.29, 1.82) is 0 Å². The highest BCUT2D eigenvalue weighted by Gasteiger charge is 2.10. The molecule has 86 valence electrons. The van der Waals surface area contributed by atoms with Crippen LogP contribution in [0.4, 0.5) is 0 Å². The molecule has 0 bridgehead atoms. The van der Waals surface area contributed by atoms with E-state index in [1.54, 1.807) is 24.3 Å². The van der Waals surface area contributed by atoms with E-state index < -0.39 is 0 Å². The first-order valence-electron chi connectivity index (χ1n) is 5.07. The molecule has 0 unspecified atom stereocenters. The zero-order valence-electron chi connectivity index (χ0n) is 9.44. The molecular weight excluding hydrogens is 204 g/mol. The Morgan fingerprint density at radius 1 is 1.31 bits per heavy atom. The highest BCUT2D eigenvalue weighted by Crippen LogP contribution is 2.22. The highest BCUT2D eigenvalue weighted by atomic mass is 16.4. The molecule has 16 heavy (non-hydrogen) atoms. The number of rotatable bonds is 3. The van der Waals surface area contributed by atoms with Crippen molar-refractivity contribution in [2.45, 2.75) is 20.3 Å². The SMILES string of the molecule is CC/C(C)=C(/C(N)=N\O)c1ccc(O)cc1. The third-order valence-corrected chi connectivity index (χ3v) is 2.48. The van der Waals surface area contributed by atoms with Gasteiger partial charge in [-0.15, -0.1) is 0 Å². The van der Waals surface area contributed by atoms with E-state index >= 15 is 0 Å². The van der Waals surface area contributed by atoms with Crippen LogP contribution in [0.2, 0.25) is 0 Å². The quantitative estimate of drug-likeness (QED) is 0.316. The summed E-state index contributed by atoms with van der Waals surface area (Å²) in [6.07, 6.45) is 0.812. The molecule has 4 heteroatoms. The maximum atomic E-state index is 9.20. The summed E-state index contributed by atoms with van der Waals surface area (Å²) in [5.41, 5.74) is 8.21. The molecule has 0 aliphatic rings. The predicted octanol–water partition coefficient (Wildman–Crippen LogP) is 2.32. The van der Waals surface area contributed by atoms with E-state index in [1.165, 1.54) is 0 Å². The van der Waals surface area contributed by atoms with Crippen molar-refractivity contribution in [3.63, 3.8) is 0 Å². The molecule has 1 aromatic carbocycles. The summed E-state index contributed by atoms with van der Waals surface area (Å²) in [5, 5.41) is 21.0. The van der Waals surface area contributed by atoms with Crippen molar-refractivity contribution in [2.24, 2.45) is 10.9 Å². The van der Waals surface area contributed by atoms with Crippen LogP contribution in [0.1, 0.15) is 25.8 Å². The molecule has 1 rings (SSSR count). The van der Waals surface area contributed by atoms with Crippen molar-refractivity contribution in [3.8, 4) is 5.75 Å². The third-order valence-electron chi connectivity index (χ3n) is 2.48. The Morgan fingerprint density at radius 2 is 1.88 bits per heavy atom. The summed E-state index contributed by atoms with van der Waals surface area (Å²) in [7, 11) is 0. The standard InChI is InChI=1S/C12H16N2O2/c1-3-8(2)11(12(13)14-16)9-4-6-10(15)7-5-9/h4-7,15-16H,3H2,1-2H3,(H2,13,14)/b11-8+. The van der Waals surface area contributed by atoms with E-state index in [9.17, 15) is 5.11 Å².